The highest BCUT2D eigenvalue weighted by Gasteiger charge is 2.15. The third-order valence-electron chi connectivity index (χ3n) is 3.42. The van der Waals surface area contributed by atoms with Crippen molar-refractivity contribution in [2.24, 2.45) is 0 Å². The summed E-state index contributed by atoms with van der Waals surface area (Å²) < 4.78 is 33.4. The van der Waals surface area contributed by atoms with Crippen molar-refractivity contribution in [1.82, 2.24) is 9.78 Å². The van der Waals surface area contributed by atoms with Crippen molar-refractivity contribution in [2.75, 3.05) is 5.32 Å². The first kappa shape index (κ1) is 16.0. The molecule has 1 heterocycles. The standard InChI is InChI=1S/C16H15N3O4S/c20-16-10-15(17-13-7-2-1-3-8-13)18-19(16)11-12-6-4-5-9-14(12)24(21,22)23/h1-10,17-18H,11H2,(H,21,22,23). The van der Waals surface area contributed by atoms with Crippen molar-refractivity contribution in [2.45, 2.75) is 11.4 Å². The molecular formula is C16H15N3O4S. The van der Waals surface area contributed by atoms with Crippen LogP contribution in [0.25, 0.3) is 0 Å². The summed E-state index contributed by atoms with van der Waals surface area (Å²) in [5.74, 6) is 0.482. The molecule has 0 unspecified atom stereocenters. The molecule has 3 rings (SSSR count). The summed E-state index contributed by atoms with van der Waals surface area (Å²) in [5, 5.41) is 5.93. The van der Waals surface area contributed by atoms with Crippen molar-refractivity contribution in [1.29, 1.82) is 0 Å². The van der Waals surface area contributed by atoms with E-state index in [2.05, 4.69) is 10.4 Å². The molecule has 1 aromatic heterocycles. The van der Waals surface area contributed by atoms with E-state index >= 15 is 0 Å². The summed E-state index contributed by atoms with van der Waals surface area (Å²) in [7, 11) is -4.35. The van der Waals surface area contributed by atoms with Crippen LogP contribution in [0.1, 0.15) is 5.56 Å². The summed E-state index contributed by atoms with van der Waals surface area (Å²) >= 11 is 0. The number of nitrogens with zero attached hydrogens (tertiary/aromatic N) is 1. The fourth-order valence-corrected chi connectivity index (χ4v) is 3.06. The Bertz CT molecular complexity index is 1010. The second-order valence-electron chi connectivity index (χ2n) is 5.17. The average Bonchev–Trinajstić information content (AvgIpc) is 2.87. The molecule has 0 saturated heterocycles. The maximum absolute atomic E-state index is 12.1. The van der Waals surface area contributed by atoms with E-state index in [-0.39, 0.29) is 17.0 Å². The Hall–Kier alpha value is -2.84. The summed E-state index contributed by atoms with van der Waals surface area (Å²) in [6.45, 7) is -0.00866. The lowest BCUT2D eigenvalue weighted by Gasteiger charge is -2.08. The fraction of sp³-hybridized carbons (Fsp3) is 0.0625. The number of aromatic amines is 1. The molecule has 0 bridgehead atoms. The quantitative estimate of drug-likeness (QED) is 0.615. The monoisotopic (exact) mass is 345 g/mol. The third-order valence-corrected chi connectivity index (χ3v) is 4.38. The highest BCUT2D eigenvalue weighted by Crippen LogP contribution is 2.17. The second-order valence-corrected chi connectivity index (χ2v) is 6.56. The number of hydrogen-bond acceptors (Lipinski definition) is 4. The molecule has 0 spiro atoms. The second kappa shape index (κ2) is 6.34. The van der Waals surface area contributed by atoms with E-state index < -0.39 is 10.1 Å². The number of hydrogen-bond donors (Lipinski definition) is 3. The maximum Gasteiger partial charge on any atom is 0.294 e. The van der Waals surface area contributed by atoms with E-state index in [1.807, 2.05) is 30.3 Å². The minimum atomic E-state index is -4.35. The summed E-state index contributed by atoms with van der Waals surface area (Å²) in [6.07, 6.45) is 0. The van der Waals surface area contributed by atoms with Crippen LogP contribution in [-0.2, 0) is 16.7 Å². The van der Waals surface area contributed by atoms with Gasteiger partial charge in [-0.25, -0.2) is 4.68 Å². The van der Waals surface area contributed by atoms with Gasteiger partial charge in [0.2, 0.25) is 0 Å². The zero-order valence-electron chi connectivity index (χ0n) is 12.5. The van der Waals surface area contributed by atoms with Gasteiger partial charge in [0.15, 0.2) is 0 Å². The van der Waals surface area contributed by atoms with Gasteiger partial charge in [0.25, 0.3) is 15.7 Å². The number of para-hydroxylation sites is 1. The summed E-state index contributed by atoms with van der Waals surface area (Å²) in [5.41, 5.74) is 0.804. The first-order valence-corrected chi connectivity index (χ1v) is 8.55. The molecule has 8 heteroatoms. The number of benzene rings is 2. The van der Waals surface area contributed by atoms with Crippen LogP contribution in [0.5, 0.6) is 0 Å². The number of aromatic nitrogens is 2. The van der Waals surface area contributed by atoms with E-state index in [4.69, 9.17) is 0 Å². The Labute approximate surface area is 138 Å². The largest absolute Gasteiger partial charge is 0.341 e. The van der Waals surface area contributed by atoms with Crippen LogP contribution < -0.4 is 10.9 Å². The minimum Gasteiger partial charge on any atom is -0.341 e. The molecule has 3 aromatic rings. The van der Waals surface area contributed by atoms with Crippen molar-refractivity contribution in [3.8, 4) is 0 Å². The molecule has 0 atom stereocenters. The van der Waals surface area contributed by atoms with E-state index in [9.17, 15) is 17.8 Å². The highest BCUT2D eigenvalue weighted by molar-refractivity contribution is 7.85. The first-order chi connectivity index (χ1) is 11.4. The van der Waals surface area contributed by atoms with Crippen LogP contribution in [0, 0.1) is 0 Å². The van der Waals surface area contributed by atoms with Gasteiger partial charge in [-0.05, 0) is 23.8 Å². The van der Waals surface area contributed by atoms with Crippen LogP contribution >= 0.6 is 0 Å². The molecule has 0 amide bonds. The smallest absolute Gasteiger partial charge is 0.294 e. The van der Waals surface area contributed by atoms with Gasteiger partial charge in [0.1, 0.15) is 5.82 Å². The van der Waals surface area contributed by atoms with Crippen molar-refractivity contribution < 1.29 is 13.0 Å². The Kier molecular flexibility index (Phi) is 4.24. The number of rotatable bonds is 5. The molecule has 7 nitrogen and oxygen atoms in total. The molecular weight excluding hydrogens is 330 g/mol. The average molecular weight is 345 g/mol. The third kappa shape index (κ3) is 3.55. The molecule has 0 fully saturated rings. The lowest BCUT2D eigenvalue weighted by Crippen LogP contribution is -2.18. The fourth-order valence-electron chi connectivity index (χ4n) is 2.35. The van der Waals surface area contributed by atoms with E-state index in [1.165, 1.54) is 22.9 Å². The normalized spacial score (nSPS) is 11.4. The topological polar surface area (TPSA) is 104 Å². The number of nitrogens with one attached hydrogen (secondary N) is 2. The maximum atomic E-state index is 12.1. The van der Waals surface area contributed by atoms with Gasteiger partial charge in [-0.1, -0.05) is 36.4 Å². The first-order valence-electron chi connectivity index (χ1n) is 7.11. The van der Waals surface area contributed by atoms with Crippen molar-refractivity contribution in [3.05, 3.63) is 76.6 Å². The Morgan fingerprint density at radius 2 is 1.71 bits per heavy atom. The zero-order valence-corrected chi connectivity index (χ0v) is 13.3. The van der Waals surface area contributed by atoms with Crippen LogP contribution in [0.4, 0.5) is 11.5 Å². The van der Waals surface area contributed by atoms with E-state index in [1.54, 1.807) is 12.1 Å². The van der Waals surface area contributed by atoms with Gasteiger partial charge in [-0.15, -0.1) is 0 Å². The van der Waals surface area contributed by atoms with E-state index in [0.717, 1.165) is 5.69 Å². The van der Waals surface area contributed by atoms with Gasteiger partial charge < -0.3 is 5.32 Å². The van der Waals surface area contributed by atoms with Crippen molar-refractivity contribution in [3.63, 3.8) is 0 Å². The van der Waals surface area contributed by atoms with Gasteiger partial charge in [-0.2, -0.15) is 8.42 Å². The van der Waals surface area contributed by atoms with Crippen LogP contribution in [0.3, 0.4) is 0 Å². The Balaban J connectivity index is 1.89. The summed E-state index contributed by atoms with van der Waals surface area (Å²) in [4.78, 5) is 11.9. The van der Waals surface area contributed by atoms with Crippen molar-refractivity contribution >= 4 is 21.6 Å². The van der Waals surface area contributed by atoms with Crippen LogP contribution in [0.2, 0.25) is 0 Å². The SMILES string of the molecule is O=c1cc(Nc2ccccc2)[nH]n1Cc1ccccc1S(=O)(=O)O. The van der Waals surface area contributed by atoms with Crippen LogP contribution in [-0.4, -0.2) is 22.8 Å². The van der Waals surface area contributed by atoms with Gasteiger partial charge in [0.05, 0.1) is 11.4 Å². The minimum absolute atomic E-state index is 0.00866. The van der Waals surface area contributed by atoms with E-state index in [0.29, 0.717) is 11.4 Å². The molecule has 0 aliphatic rings. The highest BCUT2D eigenvalue weighted by atomic mass is 32.2. The molecule has 0 radical (unpaired) electrons. The molecule has 3 N–H and O–H groups in total. The Morgan fingerprint density at radius 1 is 1.04 bits per heavy atom. The lowest BCUT2D eigenvalue weighted by molar-refractivity contribution is 0.481. The number of H-pyrrole nitrogens is 1. The van der Waals surface area contributed by atoms with Gasteiger partial charge >= 0.3 is 0 Å². The Morgan fingerprint density at radius 3 is 2.42 bits per heavy atom. The molecule has 124 valence electrons. The molecule has 2 aromatic carbocycles. The van der Waals surface area contributed by atoms with Gasteiger partial charge in [-0.3, -0.25) is 14.4 Å². The van der Waals surface area contributed by atoms with Gasteiger partial charge in [0, 0.05) is 11.8 Å². The molecule has 0 saturated carbocycles. The zero-order chi connectivity index (χ0) is 17.2. The van der Waals surface area contributed by atoms with Crippen LogP contribution in [0.15, 0.2) is 70.4 Å². The predicted molar refractivity (Wildman–Crippen MR) is 90.1 cm³/mol. The predicted octanol–water partition coefficient (Wildman–Crippen LogP) is 2.21. The molecule has 0 aliphatic heterocycles. The lowest BCUT2D eigenvalue weighted by atomic mass is 10.2. The number of anilines is 2. The summed E-state index contributed by atoms with van der Waals surface area (Å²) in [6, 6.07) is 16.7. The molecule has 0 aliphatic carbocycles. The molecule has 24 heavy (non-hydrogen) atoms.